The quantitative estimate of drug-likeness (QED) is 0.891. The number of nitrogens with zero attached hydrogens (tertiary/aromatic N) is 1. The second-order valence-corrected chi connectivity index (χ2v) is 7.03. The average Bonchev–Trinajstić information content (AvgIpc) is 2.85. The van der Waals surface area contributed by atoms with Gasteiger partial charge in [0.25, 0.3) is 0 Å². The Hall–Kier alpha value is -0.430. The summed E-state index contributed by atoms with van der Waals surface area (Å²) in [7, 11) is -3.39. The van der Waals surface area contributed by atoms with Crippen LogP contribution in [0.1, 0.15) is 18.2 Å². The normalized spacial score (nSPS) is 22.8. The van der Waals surface area contributed by atoms with Gasteiger partial charge in [-0.25, -0.2) is 8.42 Å². The van der Waals surface area contributed by atoms with Crippen molar-refractivity contribution >= 4 is 21.4 Å². The molecule has 1 aromatic rings. The van der Waals surface area contributed by atoms with Gasteiger partial charge >= 0.3 is 0 Å². The molecule has 1 aromatic heterocycles. The predicted octanol–water partition coefficient (Wildman–Crippen LogP) is 1.27. The van der Waals surface area contributed by atoms with Crippen LogP contribution in [0.2, 0.25) is 0 Å². The van der Waals surface area contributed by atoms with Gasteiger partial charge in [-0.15, -0.1) is 11.3 Å². The van der Waals surface area contributed by atoms with Gasteiger partial charge in [0, 0.05) is 18.0 Å². The molecule has 6 heteroatoms. The Kier molecular flexibility index (Phi) is 3.34. The van der Waals surface area contributed by atoms with Crippen molar-refractivity contribution in [2.45, 2.75) is 24.8 Å². The Morgan fingerprint density at radius 1 is 1.62 bits per heavy atom. The monoisotopic (exact) mass is 261 g/mol. The van der Waals surface area contributed by atoms with E-state index in [0.717, 1.165) is 6.42 Å². The number of thiophene rings is 1. The third kappa shape index (κ3) is 2.02. The van der Waals surface area contributed by atoms with Crippen molar-refractivity contribution in [3.05, 3.63) is 16.3 Å². The van der Waals surface area contributed by atoms with Gasteiger partial charge < -0.3 is 5.11 Å². The molecule has 0 amide bonds. The van der Waals surface area contributed by atoms with Crippen molar-refractivity contribution in [2.75, 3.05) is 13.1 Å². The summed E-state index contributed by atoms with van der Waals surface area (Å²) in [5.74, 6) is 0.422. The van der Waals surface area contributed by atoms with E-state index in [9.17, 15) is 8.42 Å². The van der Waals surface area contributed by atoms with Gasteiger partial charge in [-0.05, 0) is 23.8 Å². The molecule has 1 N–H and O–H groups in total. The van der Waals surface area contributed by atoms with Crippen LogP contribution in [0.15, 0.2) is 16.3 Å². The second kappa shape index (κ2) is 4.44. The van der Waals surface area contributed by atoms with E-state index in [0.29, 0.717) is 23.9 Å². The summed E-state index contributed by atoms with van der Waals surface area (Å²) in [6, 6.07) is 1.58. The predicted molar refractivity (Wildman–Crippen MR) is 62.8 cm³/mol. The average molecular weight is 261 g/mol. The Labute approximate surface area is 99.6 Å². The van der Waals surface area contributed by atoms with E-state index in [1.54, 1.807) is 11.4 Å². The van der Waals surface area contributed by atoms with E-state index in [-0.39, 0.29) is 11.5 Å². The van der Waals surface area contributed by atoms with Crippen molar-refractivity contribution < 1.29 is 13.5 Å². The Balaban J connectivity index is 2.32. The third-order valence-electron chi connectivity index (χ3n) is 2.85. The van der Waals surface area contributed by atoms with E-state index in [1.165, 1.54) is 15.6 Å². The van der Waals surface area contributed by atoms with Gasteiger partial charge in [-0.3, -0.25) is 0 Å². The zero-order chi connectivity index (χ0) is 11.8. The van der Waals surface area contributed by atoms with Crippen molar-refractivity contribution in [3.8, 4) is 0 Å². The van der Waals surface area contributed by atoms with Gasteiger partial charge in [-0.1, -0.05) is 6.92 Å². The number of aliphatic hydroxyl groups is 1. The fourth-order valence-corrected chi connectivity index (χ4v) is 4.77. The zero-order valence-corrected chi connectivity index (χ0v) is 10.7. The van der Waals surface area contributed by atoms with Crippen molar-refractivity contribution in [1.82, 2.24) is 4.31 Å². The molecule has 1 atom stereocenters. The molecule has 0 aliphatic carbocycles. The minimum Gasteiger partial charge on any atom is -0.391 e. The van der Waals surface area contributed by atoms with Crippen LogP contribution in [-0.4, -0.2) is 30.9 Å². The Morgan fingerprint density at radius 3 is 2.94 bits per heavy atom. The van der Waals surface area contributed by atoms with Crippen LogP contribution in [0.25, 0.3) is 0 Å². The lowest BCUT2D eigenvalue weighted by Crippen LogP contribution is -2.29. The highest BCUT2D eigenvalue weighted by molar-refractivity contribution is 7.89. The minimum absolute atomic E-state index is 0.213. The molecule has 1 aliphatic rings. The third-order valence-corrected chi connectivity index (χ3v) is 5.84. The number of aliphatic hydroxyl groups excluding tert-OH is 1. The molecule has 1 unspecified atom stereocenters. The molecular weight excluding hydrogens is 246 g/mol. The zero-order valence-electron chi connectivity index (χ0n) is 9.09. The van der Waals surface area contributed by atoms with Gasteiger partial charge in [0.1, 0.15) is 0 Å². The van der Waals surface area contributed by atoms with Gasteiger partial charge in [0.05, 0.1) is 11.5 Å². The van der Waals surface area contributed by atoms with Crippen LogP contribution in [0.5, 0.6) is 0 Å². The topological polar surface area (TPSA) is 57.6 Å². The van der Waals surface area contributed by atoms with Crippen LogP contribution in [0.4, 0.5) is 0 Å². The van der Waals surface area contributed by atoms with Crippen molar-refractivity contribution in [3.63, 3.8) is 0 Å². The van der Waals surface area contributed by atoms with E-state index in [2.05, 4.69) is 6.92 Å². The van der Waals surface area contributed by atoms with E-state index in [1.807, 2.05) is 0 Å². The molecule has 0 aromatic carbocycles. The SMILES string of the molecule is CC1CCN(S(=O)(=O)c2ccsc2CO)C1. The second-order valence-electron chi connectivity index (χ2n) is 4.12. The number of hydrogen-bond donors (Lipinski definition) is 1. The summed E-state index contributed by atoms with van der Waals surface area (Å²) in [6.07, 6.45) is 0.915. The fourth-order valence-electron chi connectivity index (χ4n) is 1.93. The largest absolute Gasteiger partial charge is 0.391 e. The van der Waals surface area contributed by atoms with Crippen LogP contribution in [0.3, 0.4) is 0 Å². The molecular formula is C10H15NO3S2. The maximum atomic E-state index is 12.2. The molecule has 0 bridgehead atoms. The smallest absolute Gasteiger partial charge is 0.244 e. The first kappa shape index (κ1) is 12.0. The first-order valence-corrected chi connectivity index (χ1v) is 7.55. The van der Waals surface area contributed by atoms with E-state index < -0.39 is 10.0 Å². The van der Waals surface area contributed by atoms with Gasteiger partial charge in [-0.2, -0.15) is 4.31 Å². The van der Waals surface area contributed by atoms with Gasteiger partial charge in [0.15, 0.2) is 0 Å². The lowest BCUT2D eigenvalue weighted by atomic mass is 10.2. The van der Waals surface area contributed by atoms with Gasteiger partial charge in [0.2, 0.25) is 10.0 Å². The molecule has 2 heterocycles. The van der Waals surface area contributed by atoms with Crippen LogP contribution in [0, 0.1) is 5.92 Å². The highest BCUT2D eigenvalue weighted by atomic mass is 32.2. The lowest BCUT2D eigenvalue weighted by molar-refractivity contribution is 0.282. The van der Waals surface area contributed by atoms with Crippen molar-refractivity contribution in [2.24, 2.45) is 5.92 Å². The molecule has 0 spiro atoms. The Bertz CT molecular complexity index is 466. The first-order chi connectivity index (χ1) is 7.55. The van der Waals surface area contributed by atoms with E-state index in [4.69, 9.17) is 5.11 Å². The maximum absolute atomic E-state index is 12.2. The maximum Gasteiger partial charge on any atom is 0.244 e. The summed E-state index contributed by atoms with van der Waals surface area (Å²) < 4.78 is 26.0. The summed E-state index contributed by atoms with van der Waals surface area (Å²) >= 11 is 1.28. The standard InChI is InChI=1S/C10H15NO3S2/c1-8-2-4-11(6-8)16(13,14)10-3-5-15-9(10)7-12/h3,5,8,12H,2,4,6-7H2,1H3. The first-order valence-electron chi connectivity index (χ1n) is 5.23. The molecule has 1 aliphatic heterocycles. The molecule has 1 fully saturated rings. The van der Waals surface area contributed by atoms with Crippen LogP contribution >= 0.6 is 11.3 Å². The lowest BCUT2D eigenvalue weighted by Gasteiger charge is -2.15. The summed E-state index contributed by atoms with van der Waals surface area (Å²) in [5.41, 5.74) is 0. The van der Waals surface area contributed by atoms with Crippen molar-refractivity contribution in [1.29, 1.82) is 0 Å². The molecule has 2 rings (SSSR count). The molecule has 0 saturated carbocycles. The van der Waals surface area contributed by atoms with Crippen LogP contribution in [-0.2, 0) is 16.6 Å². The number of rotatable bonds is 3. The number of hydrogen-bond acceptors (Lipinski definition) is 4. The summed E-state index contributed by atoms with van der Waals surface area (Å²) in [5, 5.41) is 10.8. The minimum atomic E-state index is -3.39. The molecule has 1 saturated heterocycles. The highest BCUT2D eigenvalue weighted by Crippen LogP contribution is 2.28. The summed E-state index contributed by atoms with van der Waals surface area (Å²) in [6.45, 7) is 3.01. The number of sulfonamides is 1. The molecule has 16 heavy (non-hydrogen) atoms. The molecule has 4 nitrogen and oxygen atoms in total. The molecule has 90 valence electrons. The Morgan fingerprint density at radius 2 is 2.38 bits per heavy atom. The summed E-state index contributed by atoms with van der Waals surface area (Å²) in [4.78, 5) is 0.800. The fraction of sp³-hybridized carbons (Fsp3) is 0.600. The van der Waals surface area contributed by atoms with E-state index >= 15 is 0 Å². The van der Waals surface area contributed by atoms with Crippen LogP contribution < -0.4 is 0 Å². The highest BCUT2D eigenvalue weighted by Gasteiger charge is 2.32. The molecule has 0 radical (unpaired) electrons.